The third-order valence-electron chi connectivity index (χ3n) is 2.83. The molecule has 0 fully saturated rings. The molecule has 0 aromatic heterocycles. The number of unbranched alkanes of at least 4 members (excludes halogenated alkanes) is 1. The third kappa shape index (κ3) is 5.21. The van der Waals surface area contributed by atoms with Crippen LogP contribution in [0.25, 0.3) is 0 Å². The Kier molecular flexibility index (Phi) is 6.26. The topological polar surface area (TPSA) is 38.3 Å². The van der Waals surface area contributed by atoms with Gasteiger partial charge >= 0.3 is 0 Å². The molecule has 0 atom stereocenters. The van der Waals surface area contributed by atoms with Crippen LogP contribution in [0.15, 0.2) is 24.3 Å². The van der Waals surface area contributed by atoms with Crippen molar-refractivity contribution in [3.8, 4) is 5.75 Å². The van der Waals surface area contributed by atoms with Crippen molar-refractivity contribution >= 4 is 5.91 Å². The third-order valence-corrected chi connectivity index (χ3v) is 2.83. The largest absolute Gasteiger partial charge is 0.497 e. The van der Waals surface area contributed by atoms with Crippen LogP contribution in [-0.2, 0) is 0 Å². The monoisotopic (exact) mass is 249 g/mol. The number of carbonyl (C=O) groups is 1. The lowest BCUT2D eigenvalue weighted by molar-refractivity contribution is 0.0952. The van der Waals surface area contributed by atoms with Crippen LogP contribution in [-0.4, -0.2) is 19.6 Å². The minimum atomic E-state index is -0.0292. The highest BCUT2D eigenvalue weighted by molar-refractivity contribution is 5.94. The van der Waals surface area contributed by atoms with Gasteiger partial charge in [-0.25, -0.2) is 0 Å². The number of methoxy groups -OCH3 is 1. The number of hydrogen-bond acceptors (Lipinski definition) is 2. The van der Waals surface area contributed by atoms with E-state index in [1.54, 1.807) is 19.2 Å². The van der Waals surface area contributed by atoms with Crippen LogP contribution < -0.4 is 10.1 Å². The average molecular weight is 249 g/mol. The van der Waals surface area contributed by atoms with Crippen molar-refractivity contribution in [1.29, 1.82) is 0 Å². The van der Waals surface area contributed by atoms with Crippen molar-refractivity contribution in [3.63, 3.8) is 0 Å². The molecule has 1 aromatic carbocycles. The lowest BCUT2D eigenvalue weighted by Gasteiger charge is -2.07. The number of rotatable bonds is 7. The van der Waals surface area contributed by atoms with Crippen molar-refractivity contribution in [1.82, 2.24) is 5.32 Å². The molecule has 0 unspecified atom stereocenters. The van der Waals surface area contributed by atoms with Gasteiger partial charge in [-0.15, -0.1) is 0 Å². The van der Waals surface area contributed by atoms with Gasteiger partial charge in [0.1, 0.15) is 5.75 Å². The zero-order valence-electron chi connectivity index (χ0n) is 11.5. The summed E-state index contributed by atoms with van der Waals surface area (Å²) in [4.78, 5) is 11.8. The molecule has 0 saturated carbocycles. The molecular weight excluding hydrogens is 226 g/mol. The van der Waals surface area contributed by atoms with Crippen LogP contribution in [0.4, 0.5) is 0 Å². The Labute approximate surface area is 110 Å². The van der Waals surface area contributed by atoms with E-state index in [2.05, 4.69) is 19.2 Å². The fourth-order valence-corrected chi connectivity index (χ4v) is 1.75. The molecule has 0 radical (unpaired) electrons. The molecule has 0 aliphatic heterocycles. The number of benzene rings is 1. The van der Waals surface area contributed by atoms with Crippen LogP contribution in [0.2, 0.25) is 0 Å². The van der Waals surface area contributed by atoms with Gasteiger partial charge in [0.15, 0.2) is 0 Å². The first kappa shape index (κ1) is 14.6. The number of ether oxygens (including phenoxy) is 1. The van der Waals surface area contributed by atoms with Gasteiger partial charge in [0.05, 0.1) is 7.11 Å². The first-order valence-corrected chi connectivity index (χ1v) is 6.55. The Bertz CT molecular complexity index is 375. The minimum Gasteiger partial charge on any atom is -0.497 e. The Morgan fingerprint density at radius 3 is 2.78 bits per heavy atom. The van der Waals surface area contributed by atoms with Crippen LogP contribution in [0, 0.1) is 5.92 Å². The molecule has 0 aliphatic rings. The maximum absolute atomic E-state index is 11.8. The Morgan fingerprint density at radius 2 is 2.11 bits per heavy atom. The van der Waals surface area contributed by atoms with Gasteiger partial charge in [0.25, 0.3) is 5.91 Å². The quantitative estimate of drug-likeness (QED) is 0.753. The summed E-state index contributed by atoms with van der Waals surface area (Å²) < 4.78 is 5.09. The second-order valence-corrected chi connectivity index (χ2v) is 4.88. The highest BCUT2D eigenvalue weighted by Crippen LogP contribution is 2.12. The maximum Gasteiger partial charge on any atom is 0.251 e. The second kappa shape index (κ2) is 7.75. The Balaban J connectivity index is 2.31. The number of hydrogen-bond donors (Lipinski definition) is 1. The molecule has 1 rings (SSSR count). The minimum absolute atomic E-state index is 0.0292. The summed E-state index contributed by atoms with van der Waals surface area (Å²) in [5.74, 6) is 1.42. The summed E-state index contributed by atoms with van der Waals surface area (Å²) in [5, 5.41) is 2.93. The molecular formula is C15H23NO2. The van der Waals surface area contributed by atoms with Crippen molar-refractivity contribution in [2.24, 2.45) is 5.92 Å². The van der Waals surface area contributed by atoms with Gasteiger partial charge in [-0.3, -0.25) is 4.79 Å². The summed E-state index contributed by atoms with van der Waals surface area (Å²) >= 11 is 0. The predicted octanol–water partition coefficient (Wildman–Crippen LogP) is 3.25. The van der Waals surface area contributed by atoms with E-state index in [1.807, 2.05) is 12.1 Å². The lowest BCUT2D eigenvalue weighted by atomic mass is 10.1. The highest BCUT2D eigenvalue weighted by atomic mass is 16.5. The van der Waals surface area contributed by atoms with Gasteiger partial charge < -0.3 is 10.1 Å². The van der Waals surface area contributed by atoms with Crippen LogP contribution in [0.5, 0.6) is 5.75 Å². The molecule has 3 nitrogen and oxygen atoms in total. The van der Waals surface area contributed by atoms with E-state index in [-0.39, 0.29) is 5.91 Å². The van der Waals surface area contributed by atoms with E-state index in [9.17, 15) is 4.79 Å². The van der Waals surface area contributed by atoms with E-state index in [0.29, 0.717) is 11.3 Å². The molecule has 0 spiro atoms. The molecule has 1 N–H and O–H groups in total. The summed E-state index contributed by atoms with van der Waals surface area (Å²) in [6, 6.07) is 7.21. The van der Waals surface area contributed by atoms with E-state index < -0.39 is 0 Å². The molecule has 3 heteroatoms. The van der Waals surface area contributed by atoms with Gasteiger partial charge in [-0.1, -0.05) is 32.8 Å². The van der Waals surface area contributed by atoms with Crippen molar-refractivity contribution in [2.75, 3.05) is 13.7 Å². The first-order chi connectivity index (χ1) is 8.63. The summed E-state index contributed by atoms with van der Waals surface area (Å²) in [6.45, 7) is 5.17. The van der Waals surface area contributed by atoms with Gasteiger partial charge in [-0.2, -0.15) is 0 Å². The van der Waals surface area contributed by atoms with E-state index in [1.165, 1.54) is 6.42 Å². The molecule has 100 valence electrons. The fraction of sp³-hybridized carbons (Fsp3) is 0.533. The summed E-state index contributed by atoms with van der Waals surface area (Å²) in [7, 11) is 1.60. The molecule has 18 heavy (non-hydrogen) atoms. The van der Waals surface area contributed by atoms with E-state index in [0.717, 1.165) is 25.3 Å². The smallest absolute Gasteiger partial charge is 0.251 e. The zero-order chi connectivity index (χ0) is 13.4. The zero-order valence-corrected chi connectivity index (χ0v) is 11.5. The Morgan fingerprint density at radius 1 is 1.33 bits per heavy atom. The standard InChI is InChI=1S/C15H23NO2/c1-12(2)7-4-5-10-16-15(17)13-8-6-9-14(11-13)18-3/h6,8-9,11-12H,4-5,7,10H2,1-3H3,(H,16,17). The Hall–Kier alpha value is -1.51. The molecule has 0 bridgehead atoms. The molecule has 1 aromatic rings. The van der Waals surface area contributed by atoms with E-state index >= 15 is 0 Å². The van der Waals surface area contributed by atoms with Crippen LogP contribution in [0.3, 0.4) is 0 Å². The fourth-order valence-electron chi connectivity index (χ4n) is 1.75. The first-order valence-electron chi connectivity index (χ1n) is 6.55. The summed E-state index contributed by atoms with van der Waals surface area (Å²) in [6.07, 6.45) is 3.42. The predicted molar refractivity (Wildman–Crippen MR) is 74.0 cm³/mol. The summed E-state index contributed by atoms with van der Waals surface area (Å²) in [5.41, 5.74) is 0.651. The van der Waals surface area contributed by atoms with E-state index in [4.69, 9.17) is 4.74 Å². The molecule has 0 saturated heterocycles. The van der Waals surface area contributed by atoms with Crippen LogP contribution in [0.1, 0.15) is 43.5 Å². The normalized spacial score (nSPS) is 10.4. The van der Waals surface area contributed by atoms with Crippen molar-refractivity contribution < 1.29 is 9.53 Å². The van der Waals surface area contributed by atoms with Crippen LogP contribution >= 0.6 is 0 Å². The molecule has 1 amide bonds. The maximum atomic E-state index is 11.8. The van der Waals surface area contributed by atoms with Gasteiger partial charge in [0, 0.05) is 12.1 Å². The lowest BCUT2D eigenvalue weighted by Crippen LogP contribution is -2.24. The van der Waals surface area contributed by atoms with Gasteiger partial charge in [0.2, 0.25) is 0 Å². The van der Waals surface area contributed by atoms with Crippen molar-refractivity contribution in [3.05, 3.63) is 29.8 Å². The molecule has 0 aliphatic carbocycles. The SMILES string of the molecule is COc1cccc(C(=O)NCCCCC(C)C)c1. The second-order valence-electron chi connectivity index (χ2n) is 4.88. The highest BCUT2D eigenvalue weighted by Gasteiger charge is 2.05. The van der Waals surface area contributed by atoms with Crippen molar-refractivity contribution in [2.45, 2.75) is 33.1 Å². The molecule has 0 heterocycles. The average Bonchev–Trinajstić information content (AvgIpc) is 2.37. The van der Waals surface area contributed by atoms with Gasteiger partial charge in [-0.05, 0) is 30.5 Å². The number of carbonyl (C=O) groups excluding carboxylic acids is 1. The number of amides is 1. The number of nitrogens with one attached hydrogen (secondary N) is 1.